The van der Waals surface area contributed by atoms with Crippen molar-refractivity contribution in [2.45, 2.75) is 18.9 Å². The zero-order valence-electron chi connectivity index (χ0n) is 8.42. The molecule has 0 heterocycles. The van der Waals surface area contributed by atoms with Crippen molar-refractivity contribution in [3.8, 4) is 5.75 Å². The maximum absolute atomic E-state index is 13.3. The molecule has 4 heteroatoms. The van der Waals surface area contributed by atoms with E-state index in [1.807, 2.05) is 0 Å². The van der Waals surface area contributed by atoms with Gasteiger partial charge in [-0.3, -0.25) is 4.79 Å². The molecule has 1 aliphatic rings. The average Bonchev–Trinajstić information content (AvgIpc) is 3.02. The quantitative estimate of drug-likeness (QED) is 0.823. The van der Waals surface area contributed by atoms with E-state index in [1.165, 1.54) is 25.3 Å². The van der Waals surface area contributed by atoms with Crippen LogP contribution in [-0.2, 0) is 0 Å². The summed E-state index contributed by atoms with van der Waals surface area (Å²) in [6.07, 6.45) is 1.97. The van der Waals surface area contributed by atoms with Gasteiger partial charge in [-0.25, -0.2) is 4.39 Å². The third-order valence-corrected chi connectivity index (χ3v) is 2.33. The summed E-state index contributed by atoms with van der Waals surface area (Å²) < 4.78 is 18.2. The molecule has 80 valence electrons. The molecule has 0 unspecified atom stereocenters. The molecule has 0 spiro atoms. The lowest BCUT2D eigenvalue weighted by atomic mass is 10.2. The second-order valence-corrected chi connectivity index (χ2v) is 3.59. The van der Waals surface area contributed by atoms with Crippen molar-refractivity contribution in [3.63, 3.8) is 0 Å². The highest BCUT2D eigenvalue weighted by molar-refractivity contribution is 5.95. The number of rotatable bonds is 3. The molecule has 0 bridgehead atoms. The van der Waals surface area contributed by atoms with Gasteiger partial charge in [-0.05, 0) is 31.0 Å². The molecular formula is C11H12FNO2. The summed E-state index contributed by atoms with van der Waals surface area (Å²) in [6.45, 7) is 0. The summed E-state index contributed by atoms with van der Waals surface area (Å²) in [5.41, 5.74) is 0.0428. The summed E-state index contributed by atoms with van der Waals surface area (Å²) in [5, 5.41) is 2.73. The molecule has 1 aromatic carbocycles. The summed E-state index contributed by atoms with van der Waals surface area (Å²) in [4.78, 5) is 11.6. The smallest absolute Gasteiger partial charge is 0.254 e. The minimum atomic E-state index is -0.519. The third-order valence-electron chi connectivity index (χ3n) is 2.33. The number of carbonyl (C=O) groups excluding carboxylic acids is 1. The highest BCUT2D eigenvalue weighted by Gasteiger charge is 2.25. The molecule has 3 nitrogen and oxygen atoms in total. The number of benzene rings is 1. The second kappa shape index (κ2) is 3.88. The molecule has 1 saturated carbocycles. The third kappa shape index (κ3) is 2.26. The molecule has 0 saturated heterocycles. The number of nitrogens with one attached hydrogen (secondary N) is 1. The Labute approximate surface area is 87.2 Å². The zero-order valence-corrected chi connectivity index (χ0v) is 8.42. The van der Waals surface area contributed by atoms with Gasteiger partial charge in [-0.2, -0.15) is 0 Å². The molecular weight excluding hydrogens is 197 g/mol. The van der Waals surface area contributed by atoms with E-state index < -0.39 is 5.82 Å². The van der Waals surface area contributed by atoms with Crippen LogP contribution in [0.1, 0.15) is 23.2 Å². The van der Waals surface area contributed by atoms with Crippen LogP contribution in [0.25, 0.3) is 0 Å². The minimum absolute atomic E-state index is 0.0428. The molecule has 1 fully saturated rings. The topological polar surface area (TPSA) is 38.3 Å². The van der Waals surface area contributed by atoms with Crippen LogP contribution in [0, 0.1) is 5.82 Å². The van der Waals surface area contributed by atoms with Crippen LogP contribution >= 0.6 is 0 Å². The van der Waals surface area contributed by atoms with E-state index in [2.05, 4.69) is 5.32 Å². The Kier molecular flexibility index (Phi) is 2.58. The number of amides is 1. The van der Waals surface area contributed by atoms with E-state index in [0.717, 1.165) is 12.8 Å². The van der Waals surface area contributed by atoms with E-state index in [-0.39, 0.29) is 17.5 Å². The Bertz CT molecular complexity index is 388. The monoisotopic (exact) mass is 209 g/mol. The van der Waals surface area contributed by atoms with Crippen molar-refractivity contribution in [1.82, 2.24) is 5.32 Å². The van der Waals surface area contributed by atoms with E-state index >= 15 is 0 Å². The van der Waals surface area contributed by atoms with Crippen molar-refractivity contribution in [3.05, 3.63) is 29.6 Å². The van der Waals surface area contributed by atoms with Crippen LogP contribution in [0.3, 0.4) is 0 Å². The lowest BCUT2D eigenvalue weighted by Crippen LogP contribution is -2.26. The normalized spacial score (nSPS) is 14.8. The van der Waals surface area contributed by atoms with Crippen molar-refractivity contribution in [2.24, 2.45) is 0 Å². The molecule has 1 N–H and O–H groups in total. The molecule has 2 rings (SSSR count). The van der Waals surface area contributed by atoms with Gasteiger partial charge in [0.1, 0.15) is 11.6 Å². The molecule has 0 aromatic heterocycles. The van der Waals surface area contributed by atoms with Gasteiger partial charge in [0.25, 0.3) is 5.91 Å². The van der Waals surface area contributed by atoms with Gasteiger partial charge in [-0.1, -0.05) is 0 Å². The molecule has 0 aliphatic heterocycles. The molecule has 15 heavy (non-hydrogen) atoms. The van der Waals surface area contributed by atoms with E-state index in [1.54, 1.807) is 0 Å². The standard InChI is InChI=1S/C11H12FNO2/c1-15-8-4-5-10(12)9(6-8)11(14)13-7-2-3-7/h4-7H,2-3H2,1H3,(H,13,14). The van der Waals surface area contributed by atoms with Crippen molar-refractivity contribution < 1.29 is 13.9 Å². The lowest BCUT2D eigenvalue weighted by molar-refractivity contribution is 0.0946. The van der Waals surface area contributed by atoms with Gasteiger partial charge >= 0.3 is 0 Å². The van der Waals surface area contributed by atoms with Crippen LogP contribution < -0.4 is 10.1 Å². The first-order valence-corrected chi connectivity index (χ1v) is 4.85. The SMILES string of the molecule is COc1ccc(F)c(C(=O)NC2CC2)c1. The van der Waals surface area contributed by atoms with Crippen LogP contribution in [0.15, 0.2) is 18.2 Å². The lowest BCUT2D eigenvalue weighted by Gasteiger charge is -2.06. The number of carbonyl (C=O) groups is 1. The zero-order chi connectivity index (χ0) is 10.8. The van der Waals surface area contributed by atoms with Gasteiger partial charge in [0.05, 0.1) is 12.7 Å². The fraction of sp³-hybridized carbons (Fsp3) is 0.364. The first-order valence-electron chi connectivity index (χ1n) is 4.85. The summed E-state index contributed by atoms with van der Waals surface area (Å²) in [7, 11) is 1.48. The molecule has 0 radical (unpaired) electrons. The Morgan fingerprint density at radius 1 is 1.53 bits per heavy atom. The van der Waals surface area contributed by atoms with Crippen molar-refractivity contribution in [2.75, 3.05) is 7.11 Å². The Balaban J connectivity index is 2.20. The van der Waals surface area contributed by atoms with Gasteiger partial charge in [0, 0.05) is 6.04 Å². The molecule has 0 atom stereocenters. The number of ether oxygens (including phenoxy) is 1. The first kappa shape index (κ1) is 9.96. The highest BCUT2D eigenvalue weighted by atomic mass is 19.1. The molecule has 1 aromatic rings. The first-order chi connectivity index (χ1) is 7.20. The number of hydrogen-bond donors (Lipinski definition) is 1. The molecule has 1 aliphatic carbocycles. The van der Waals surface area contributed by atoms with Crippen molar-refractivity contribution >= 4 is 5.91 Å². The van der Waals surface area contributed by atoms with Crippen LogP contribution in [-0.4, -0.2) is 19.1 Å². The Hall–Kier alpha value is -1.58. The van der Waals surface area contributed by atoms with Crippen LogP contribution in [0.4, 0.5) is 4.39 Å². The summed E-state index contributed by atoms with van der Waals surface area (Å²) in [5.74, 6) is -0.403. The number of methoxy groups -OCH3 is 1. The van der Waals surface area contributed by atoms with E-state index in [4.69, 9.17) is 4.74 Å². The highest BCUT2D eigenvalue weighted by Crippen LogP contribution is 2.21. The van der Waals surface area contributed by atoms with E-state index in [9.17, 15) is 9.18 Å². The predicted molar refractivity (Wildman–Crippen MR) is 53.4 cm³/mol. The maximum Gasteiger partial charge on any atom is 0.254 e. The summed E-state index contributed by atoms with van der Waals surface area (Å²) in [6, 6.07) is 4.36. The number of hydrogen-bond acceptors (Lipinski definition) is 2. The summed E-state index contributed by atoms with van der Waals surface area (Å²) >= 11 is 0. The van der Waals surface area contributed by atoms with E-state index in [0.29, 0.717) is 5.75 Å². The number of halogens is 1. The Morgan fingerprint density at radius 3 is 2.87 bits per heavy atom. The minimum Gasteiger partial charge on any atom is -0.497 e. The van der Waals surface area contributed by atoms with Gasteiger partial charge in [0.2, 0.25) is 0 Å². The van der Waals surface area contributed by atoms with Crippen LogP contribution in [0.2, 0.25) is 0 Å². The largest absolute Gasteiger partial charge is 0.497 e. The predicted octanol–water partition coefficient (Wildman–Crippen LogP) is 1.73. The molecule has 1 amide bonds. The maximum atomic E-state index is 13.3. The van der Waals surface area contributed by atoms with Gasteiger partial charge < -0.3 is 10.1 Å². The van der Waals surface area contributed by atoms with Crippen molar-refractivity contribution in [1.29, 1.82) is 0 Å². The van der Waals surface area contributed by atoms with Crippen LogP contribution in [0.5, 0.6) is 5.75 Å². The fourth-order valence-corrected chi connectivity index (χ4v) is 1.30. The Morgan fingerprint density at radius 2 is 2.27 bits per heavy atom. The van der Waals surface area contributed by atoms with Gasteiger partial charge in [0.15, 0.2) is 0 Å². The van der Waals surface area contributed by atoms with Gasteiger partial charge in [-0.15, -0.1) is 0 Å². The second-order valence-electron chi connectivity index (χ2n) is 3.59. The fourth-order valence-electron chi connectivity index (χ4n) is 1.30. The average molecular weight is 209 g/mol.